The van der Waals surface area contributed by atoms with E-state index in [1.54, 1.807) is 17.0 Å². The third-order valence-corrected chi connectivity index (χ3v) is 5.14. The van der Waals surface area contributed by atoms with E-state index in [9.17, 15) is 4.79 Å². The Kier molecular flexibility index (Phi) is 6.92. The molecular weight excluding hydrogens is 400 g/mol. The van der Waals surface area contributed by atoms with Crippen LogP contribution in [-0.2, 0) is 6.42 Å². The van der Waals surface area contributed by atoms with E-state index in [1.807, 2.05) is 0 Å². The standard InChI is InChI=1S/C22H32N4O5/c1-22(2,3)12-18-24-25-20(31-18)14-8-7-9-26(13-14)21(27)23-15-10-16(28-4)19(30-6)17(11-15)29-5/h10-11,14H,7-9,12-13H2,1-6H3,(H,23,27). The second kappa shape index (κ2) is 9.45. The molecule has 1 aliphatic rings. The monoisotopic (exact) mass is 432 g/mol. The molecule has 170 valence electrons. The van der Waals surface area contributed by atoms with Gasteiger partial charge in [-0.2, -0.15) is 0 Å². The smallest absolute Gasteiger partial charge is 0.321 e. The van der Waals surface area contributed by atoms with Gasteiger partial charge in [-0.05, 0) is 18.3 Å². The summed E-state index contributed by atoms with van der Waals surface area (Å²) < 4.78 is 22.0. The zero-order valence-corrected chi connectivity index (χ0v) is 19.2. The third kappa shape index (κ3) is 5.59. The van der Waals surface area contributed by atoms with Crippen LogP contribution in [0.2, 0.25) is 0 Å². The quantitative estimate of drug-likeness (QED) is 0.734. The number of anilines is 1. The molecule has 0 saturated carbocycles. The van der Waals surface area contributed by atoms with Crippen molar-refractivity contribution in [1.82, 2.24) is 15.1 Å². The highest BCUT2D eigenvalue weighted by Crippen LogP contribution is 2.40. The van der Waals surface area contributed by atoms with E-state index in [2.05, 4.69) is 36.3 Å². The number of rotatable bonds is 6. The molecule has 2 amide bonds. The van der Waals surface area contributed by atoms with Crippen LogP contribution in [0, 0.1) is 5.41 Å². The molecule has 1 aromatic carbocycles. The lowest BCUT2D eigenvalue weighted by Crippen LogP contribution is -2.41. The van der Waals surface area contributed by atoms with Gasteiger partial charge in [0, 0.05) is 31.6 Å². The van der Waals surface area contributed by atoms with Gasteiger partial charge in [0.1, 0.15) is 0 Å². The first kappa shape index (κ1) is 22.7. The maximum atomic E-state index is 12.9. The summed E-state index contributed by atoms with van der Waals surface area (Å²) in [6.07, 6.45) is 2.49. The predicted molar refractivity (Wildman–Crippen MR) is 116 cm³/mol. The van der Waals surface area contributed by atoms with Crippen LogP contribution in [0.4, 0.5) is 10.5 Å². The molecule has 0 spiro atoms. The Hall–Kier alpha value is -2.97. The Morgan fingerprint density at radius 3 is 2.42 bits per heavy atom. The van der Waals surface area contributed by atoms with Crippen molar-refractivity contribution in [2.24, 2.45) is 5.41 Å². The van der Waals surface area contributed by atoms with E-state index < -0.39 is 0 Å². The van der Waals surface area contributed by atoms with Crippen LogP contribution in [0.5, 0.6) is 17.2 Å². The number of likely N-dealkylation sites (tertiary alicyclic amines) is 1. The van der Waals surface area contributed by atoms with E-state index in [4.69, 9.17) is 18.6 Å². The summed E-state index contributed by atoms with van der Waals surface area (Å²) in [4.78, 5) is 14.7. The number of benzene rings is 1. The molecule has 1 fully saturated rings. The number of ether oxygens (including phenoxy) is 3. The Morgan fingerprint density at radius 2 is 1.84 bits per heavy atom. The Morgan fingerprint density at radius 1 is 1.16 bits per heavy atom. The maximum Gasteiger partial charge on any atom is 0.321 e. The molecule has 0 radical (unpaired) electrons. The lowest BCUT2D eigenvalue weighted by atomic mass is 9.92. The SMILES string of the molecule is COc1cc(NC(=O)N2CCCC(c3nnc(CC(C)(C)C)o3)C2)cc(OC)c1OC. The van der Waals surface area contributed by atoms with Gasteiger partial charge < -0.3 is 28.8 Å². The Labute approximate surface area is 183 Å². The molecule has 3 rings (SSSR count). The third-order valence-electron chi connectivity index (χ3n) is 5.14. The summed E-state index contributed by atoms with van der Waals surface area (Å²) in [6, 6.07) is 3.21. The van der Waals surface area contributed by atoms with Crippen molar-refractivity contribution in [3.05, 3.63) is 23.9 Å². The largest absolute Gasteiger partial charge is 0.493 e. The topological polar surface area (TPSA) is 99.0 Å². The van der Waals surface area contributed by atoms with Crippen LogP contribution in [0.3, 0.4) is 0 Å². The summed E-state index contributed by atoms with van der Waals surface area (Å²) in [5.74, 6) is 2.70. The summed E-state index contributed by atoms with van der Waals surface area (Å²) >= 11 is 0. The van der Waals surface area contributed by atoms with Crippen molar-refractivity contribution in [2.75, 3.05) is 39.7 Å². The molecule has 0 aliphatic carbocycles. The van der Waals surface area contributed by atoms with Crippen molar-refractivity contribution in [2.45, 2.75) is 46.0 Å². The van der Waals surface area contributed by atoms with Gasteiger partial charge in [-0.25, -0.2) is 4.79 Å². The maximum absolute atomic E-state index is 12.9. The average molecular weight is 433 g/mol. The number of hydrogen-bond donors (Lipinski definition) is 1. The minimum Gasteiger partial charge on any atom is -0.493 e. The van der Waals surface area contributed by atoms with Gasteiger partial charge in [0.05, 0.1) is 32.9 Å². The van der Waals surface area contributed by atoms with E-state index >= 15 is 0 Å². The minimum atomic E-state index is -0.201. The fraction of sp³-hybridized carbons (Fsp3) is 0.591. The van der Waals surface area contributed by atoms with E-state index in [-0.39, 0.29) is 17.4 Å². The number of amides is 2. The van der Waals surface area contributed by atoms with Crippen LogP contribution >= 0.6 is 0 Å². The highest BCUT2D eigenvalue weighted by molar-refractivity contribution is 5.90. The second-order valence-electron chi connectivity index (χ2n) is 8.90. The minimum absolute atomic E-state index is 0.0284. The molecule has 0 bridgehead atoms. The van der Waals surface area contributed by atoms with Gasteiger partial charge >= 0.3 is 6.03 Å². The summed E-state index contributed by atoms with van der Waals surface area (Å²) in [7, 11) is 4.61. The molecule has 1 unspecified atom stereocenters. The van der Waals surface area contributed by atoms with Crippen molar-refractivity contribution in [1.29, 1.82) is 0 Å². The number of carbonyl (C=O) groups is 1. The number of piperidine rings is 1. The highest BCUT2D eigenvalue weighted by Gasteiger charge is 2.29. The van der Waals surface area contributed by atoms with Crippen molar-refractivity contribution in [3.63, 3.8) is 0 Å². The van der Waals surface area contributed by atoms with Gasteiger partial charge in [0.25, 0.3) is 0 Å². The molecule has 31 heavy (non-hydrogen) atoms. The summed E-state index contributed by atoms with van der Waals surface area (Å²) in [5, 5.41) is 11.4. The average Bonchev–Trinajstić information content (AvgIpc) is 3.19. The van der Waals surface area contributed by atoms with Crippen molar-refractivity contribution >= 4 is 11.7 Å². The predicted octanol–water partition coefficient (Wildman–Crippen LogP) is 4.10. The zero-order valence-electron chi connectivity index (χ0n) is 19.2. The number of nitrogens with one attached hydrogen (secondary N) is 1. The Bertz CT molecular complexity index is 881. The molecule has 2 aromatic rings. The molecule has 1 aliphatic heterocycles. The van der Waals surface area contributed by atoms with E-state index in [1.165, 1.54) is 21.3 Å². The van der Waals surface area contributed by atoms with Crippen LogP contribution in [0.1, 0.15) is 51.3 Å². The molecule has 9 heteroatoms. The Balaban J connectivity index is 1.69. The van der Waals surface area contributed by atoms with Gasteiger partial charge in [-0.15, -0.1) is 10.2 Å². The van der Waals surface area contributed by atoms with Crippen LogP contribution in [0.25, 0.3) is 0 Å². The van der Waals surface area contributed by atoms with Gasteiger partial charge in [-0.3, -0.25) is 0 Å². The first-order valence-electron chi connectivity index (χ1n) is 10.4. The lowest BCUT2D eigenvalue weighted by Gasteiger charge is -2.31. The molecule has 1 N–H and O–H groups in total. The molecule has 1 aromatic heterocycles. The van der Waals surface area contributed by atoms with Gasteiger partial charge in [0.15, 0.2) is 11.5 Å². The highest BCUT2D eigenvalue weighted by atomic mass is 16.5. The first-order valence-corrected chi connectivity index (χ1v) is 10.4. The van der Waals surface area contributed by atoms with Gasteiger partial charge in [0.2, 0.25) is 17.5 Å². The van der Waals surface area contributed by atoms with Crippen LogP contribution in [-0.4, -0.2) is 55.5 Å². The fourth-order valence-corrected chi connectivity index (χ4v) is 3.68. The molecular formula is C22H32N4O5. The lowest BCUT2D eigenvalue weighted by molar-refractivity contribution is 0.186. The van der Waals surface area contributed by atoms with Crippen molar-refractivity contribution in [3.8, 4) is 17.2 Å². The fourth-order valence-electron chi connectivity index (χ4n) is 3.68. The number of carbonyl (C=O) groups excluding carboxylic acids is 1. The van der Waals surface area contributed by atoms with Gasteiger partial charge in [-0.1, -0.05) is 20.8 Å². The van der Waals surface area contributed by atoms with E-state index in [0.29, 0.717) is 47.8 Å². The molecule has 1 atom stereocenters. The van der Waals surface area contributed by atoms with Crippen molar-refractivity contribution < 1.29 is 23.4 Å². The summed E-state index contributed by atoms with van der Waals surface area (Å²) in [5.41, 5.74) is 0.634. The normalized spacial score (nSPS) is 16.7. The number of hydrogen-bond acceptors (Lipinski definition) is 7. The number of methoxy groups -OCH3 is 3. The number of nitrogens with zero attached hydrogens (tertiary/aromatic N) is 3. The number of aromatic nitrogens is 2. The zero-order chi connectivity index (χ0) is 22.6. The molecule has 9 nitrogen and oxygen atoms in total. The first-order chi connectivity index (χ1) is 14.7. The number of urea groups is 1. The summed E-state index contributed by atoms with van der Waals surface area (Å²) in [6.45, 7) is 7.58. The molecule has 1 saturated heterocycles. The van der Waals surface area contributed by atoms with Crippen LogP contribution in [0.15, 0.2) is 16.5 Å². The second-order valence-corrected chi connectivity index (χ2v) is 8.90. The van der Waals surface area contributed by atoms with Crippen LogP contribution < -0.4 is 19.5 Å². The van der Waals surface area contributed by atoms with E-state index in [0.717, 1.165) is 19.3 Å². The molecule has 2 heterocycles.